The summed E-state index contributed by atoms with van der Waals surface area (Å²) < 4.78 is 15.6. The predicted octanol–water partition coefficient (Wildman–Crippen LogP) is 3.64. The lowest BCUT2D eigenvalue weighted by atomic mass is 9.75. The minimum atomic E-state index is -0.724. The van der Waals surface area contributed by atoms with Crippen LogP contribution in [0.3, 0.4) is 0 Å². The van der Waals surface area contributed by atoms with Gasteiger partial charge in [0.25, 0.3) is 0 Å². The van der Waals surface area contributed by atoms with Crippen LogP contribution >= 0.6 is 23.4 Å². The molecule has 0 bridgehead atoms. The molecule has 1 aromatic rings. The summed E-state index contributed by atoms with van der Waals surface area (Å²) in [7, 11) is 1.33. The van der Waals surface area contributed by atoms with Crippen molar-refractivity contribution in [3.05, 3.63) is 46.1 Å². The van der Waals surface area contributed by atoms with Gasteiger partial charge in [0.05, 0.1) is 37.7 Å². The Bertz CT molecular complexity index is 849. The number of carbonyl (C=O) groups excluding carboxylic acids is 2. The number of epoxide rings is 1. The van der Waals surface area contributed by atoms with E-state index in [2.05, 4.69) is 4.99 Å². The maximum absolute atomic E-state index is 13.0. The Morgan fingerprint density at radius 2 is 2.14 bits per heavy atom. The van der Waals surface area contributed by atoms with Gasteiger partial charge >= 0.3 is 11.9 Å². The molecule has 0 aromatic heterocycles. The summed E-state index contributed by atoms with van der Waals surface area (Å²) in [4.78, 5) is 30.3. The molecule has 0 amide bonds. The number of ether oxygens (including phenoxy) is 3. The Morgan fingerprint density at radius 1 is 1.38 bits per heavy atom. The molecule has 0 aliphatic carbocycles. The Kier molecular flexibility index (Phi) is 7.38. The van der Waals surface area contributed by atoms with Gasteiger partial charge in [-0.1, -0.05) is 23.7 Å². The zero-order valence-electron chi connectivity index (χ0n) is 16.6. The Balaban J connectivity index is 2.08. The first-order chi connectivity index (χ1) is 14.0. The van der Waals surface area contributed by atoms with Crippen molar-refractivity contribution in [1.82, 2.24) is 0 Å². The van der Waals surface area contributed by atoms with Gasteiger partial charge in [-0.2, -0.15) is 11.8 Å². The van der Waals surface area contributed by atoms with Crippen LogP contribution in [-0.2, 0) is 23.8 Å². The highest BCUT2D eigenvalue weighted by atomic mass is 35.5. The van der Waals surface area contributed by atoms with Crippen molar-refractivity contribution in [2.75, 3.05) is 31.8 Å². The van der Waals surface area contributed by atoms with Crippen molar-refractivity contribution in [2.24, 2.45) is 10.9 Å². The second-order valence-corrected chi connectivity index (χ2v) is 8.30. The van der Waals surface area contributed by atoms with Crippen LogP contribution in [0.2, 0.25) is 5.02 Å². The minimum Gasteiger partial charge on any atom is -0.468 e. The summed E-state index contributed by atoms with van der Waals surface area (Å²) in [6.07, 6.45) is 0.270. The van der Waals surface area contributed by atoms with Crippen LogP contribution < -0.4 is 0 Å². The molecule has 3 atom stereocenters. The van der Waals surface area contributed by atoms with Crippen LogP contribution in [0.4, 0.5) is 0 Å². The first-order valence-electron chi connectivity index (χ1n) is 9.44. The van der Waals surface area contributed by atoms with Gasteiger partial charge in [-0.25, -0.2) is 4.79 Å². The molecule has 8 heteroatoms. The second-order valence-electron chi connectivity index (χ2n) is 6.84. The van der Waals surface area contributed by atoms with E-state index in [1.165, 1.54) is 7.11 Å². The molecule has 29 heavy (non-hydrogen) atoms. The third-order valence-corrected chi connectivity index (χ3v) is 6.14. The SMILES string of the molecule is CCOC(=O)C1=C(CSCC2CO2)N=C(C)C(C(=O)OC)C1c1cccc(Cl)c1. The third kappa shape index (κ3) is 5.21. The molecule has 1 saturated heterocycles. The van der Waals surface area contributed by atoms with E-state index < -0.39 is 23.8 Å². The summed E-state index contributed by atoms with van der Waals surface area (Å²) in [6.45, 7) is 4.54. The topological polar surface area (TPSA) is 77.5 Å². The fraction of sp³-hybridized carbons (Fsp3) is 0.476. The number of nitrogens with zero attached hydrogens (tertiary/aromatic N) is 1. The van der Waals surface area contributed by atoms with Crippen LogP contribution in [0.5, 0.6) is 0 Å². The fourth-order valence-corrected chi connectivity index (χ4v) is 4.62. The number of aliphatic imine (C=N–C) groups is 1. The monoisotopic (exact) mass is 437 g/mol. The molecule has 3 rings (SSSR count). The average Bonchev–Trinajstić information content (AvgIpc) is 3.51. The molecule has 3 unspecified atom stereocenters. The van der Waals surface area contributed by atoms with Gasteiger partial charge in [-0.05, 0) is 31.5 Å². The summed E-state index contributed by atoms with van der Waals surface area (Å²) >= 11 is 7.86. The first kappa shape index (κ1) is 21.9. The van der Waals surface area contributed by atoms with Crippen molar-refractivity contribution in [2.45, 2.75) is 25.9 Å². The highest BCUT2D eigenvalue weighted by molar-refractivity contribution is 7.99. The molecular weight excluding hydrogens is 414 g/mol. The molecule has 6 nitrogen and oxygen atoms in total. The van der Waals surface area contributed by atoms with E-state index in [9.17, 15) is 9.59 Å². The van der Waals surface area contributed by atoms with Crippen LogP contribution in [-0.4, -0.2) is 55.6 Å². The van der Waals surface area contributed by atoms with Gasteiger partial charge in [0.2, 0.25) is 0 Å². The van der Waals surface area contributed by atoms with E-state index in [1.54, 1.807) is 43.8 Å². The highest BCUT2D eigenvalue weighted by Gasteiger charge is 2.43. The summed E-state index contributed by atoms with van der Waals surface area (Å²) in [5, 5.41) is 0.524. The predicted molar refractivity (Wildman–Crippen MR) is 114 cm³/mol. The molecule has 0 saturated carbocycles. The number of hydrogen-bond donors (Lipinski definition) is 0. The molecule has 156 valence electrons. The molecule has 0 N–H and O–H groups in total. The molecule has 0 spiro atoms. The third-order valence-electron chi connectivity index (χ3n) is 4.82. The summed E-state index contributed by atoms with van der Waals surface area (Å²) in [5.74, 6) is -0.868. The van der Waals surface area contributed by atoms with Crippen molar-refractivity contribution in [3.8, 4) is 0 Å². The smallest absolute Gasteiger partial charge is 0.336 e. The van der Waals surface area contributed by atoms with Crippen molar-refractivity contribution in [3.63, 3.8) is 0 Å². The minimum absolute atomic E-state index is 0.229. The highest BCUT2D eigenvalue weighted by Crippen LogP contribution is 2.41. The van der Waals surface area contributed by atoms with E-state index in [4.69, 9.17) is 25.8 Å². The quantitative estimate of drug-likeness (QED) is 0.456. The van der Waals surface area contributed by atoms with E-state index in [0.717, 1.165) is 17.9 Å². The van der Waals surface area contributed by atoms with Gasteiger partial charge in [0.15, 0.2) is 0 Å². The van der Waals surface area contributed by atoms with Gasteiger partial charge in [0, 0.05) is 28.2 Å². The number of hydrogen-bond acceptors (Lipinski definition) is 7. The van der Waals surface area contributed by atoms with Gasteiger partial charge < -0.3 is 14.2 Å². The molecule has 2 heterocycles. The Hall–Kier alpha value is -1.83. The zero-order valence-corrected chi connectivity index (χ0v) is 18.2. The summed E-state index contributed by atoms with van der Waals surface area (Å²) in [6, 6.07) is 7.17. The zero-order chi connectivity index (χ0) is 21.0. The van der Waals surface area contributed by atoms with Crippen LogP contribution in [0.25, 0.3) is 0 Å². The summed E-state index contributed by atoms with van der Waals surface area (Å²) in [5.41, 5.74) is 2.36. The number of thioether (sulfide) groups is 1. The lowest BCUT2D eigenvalue weighted by Crippen LogP contribution is -2.36. The van der Waals surface area contributed by atoms with Crippen molar-refractivity contribution < 1.29 is 23.8 Å². The molecule has 2 aliphatic rings. The molecule has 0 radical (unpaired) electrons. The van der Waals surface area contributed by atoms with Gasteiger partial charge in [-0.3, -0.25) is 9.79 Å². The maximum Gasteiger partial charge on any atom is 0.336 e. The second kappa shape index (κ2) is 9.78. The van der Waals surface area contributed by atoms with Crippen LogP contribution in [0.1, 0.15) is 25.3 Å². The lowest BCUT2D eigenvalue weighted by Gasteiger charge is -2.32. The normalized spacial score (nSPS) is 23.4. The Morgan fingerprint density at radius 3 is 2.76 bits per heavy atom. The number of benzene rings is 1. The maximum atomic E-state index is 13.0. The van der Waals surface area contributed by atoms with E-state index in [-0.39, 0.29) is 12.7 Å². The largest absolute Gasteiger partial charge is 0.468 e. The molecule has 2 aliphatic heterocycles. The van der Waals surface area contributed by atoms with Gasteiger partial charge in [-0.15, -0.1) is 0 Å². The standard InChI is InChI=1S/C21H24ClNO5S/c1-4-27-21(25)19-16(11-29-10-15-9-28-15)23-12(2)17(20(24)26-3)18(19)13-6-5-7-14(22)8-13/h5-8,15,17-18H,4,9-11H2,1-3H3. The molecule has 1 fully saturated rings. The molecular formula is C21H24ClNO5S. The number of esters is 2. The number of halogens is 1. The number of rotatable bonds is 8. The van der Waals surface area contributed by atoms with Crippen LogP contribution in [0, 0.1) is 5.92 Å². The number of carbonyl (C=O) groups is 2. The lowest BCUT2D eigenvalue weighted by molar-refractivity contribution is -0.144. The van der Waals surface area contributed by atoms with Gasteiger partial charge in [0.1, 0.15) is 5.92 Å². The van der Waals surface area contributed by atoms with E-state index >= 15 is 0 Å². The first-order valence-corrected chi connectivity index (χ1v) is 11.0. The van der Waals surface area contributed by atoms with E-state index in [1.807, 2.05) is 6.07 Å². The average molecular weight is 438 g/mol. The Labute approximate surface area is 179 Å². The van der Waals surface area contributed by atoms with Crippen molar-refractivity contribution >= 4 is 41.0 Å². The van der Waals surface area contributed by atoms with E-state index in [0.29, 0.717) is 27.8 Å². The van der Waals surface area contributed by atoms with Crippen LogP contribution in [0.15, 0.2) is 40.5 Å². The van der Waals surface area contributed by atoms with Crippen molar-refractivity contribution in [1.29, 1.82) is 0 Å². The number of methoxy groups -OCH3 is 1. The molecule has 1 aromatic carbocycles. The fourth-order valence-electron chi connectivity index (χ4n) is 3.44.